The molecule has 176 valence electrons. The molecule has 7 nitrogen and oxygen atoms in total. The summed E-state index contributed by atoms with van der Waals surface area (Å²) in [4.78, 5) is 25.4. The Bertz CT molecular complexity index is 1110. The van der Waals surface area contributed by atoms with Crippen molar-refractivity contribution in [1.29, 1.82) is 0 Å². The molecule has 1 amide bonds. The van der Waals surface area contributed by atoms with Crippen LogP contribution in [0.15, 0.2) is 67.1 Å². The third kappa shape index (κ3) is 6.39. The van der Waals surface area contributed by atoms with Crippen LogP contribution in [-0.4, -0.2) is 53.5 Å². The number of halogens is 1. The third-order valence-electron chi connectivity index (χ3n) is 5.66. The van der Waals surface area contributed by atoms with Gasteiger partial charge in [-0.2, -0.15) is 0 Å². The molecule has 0 saturated carbocycles. The fraction of sp³-hybridized carbons (Fsp3) is 0.269. The number of likely N-dealkylation sites (N-methyl/N-ethyl adjacent to an activating group) is 1. The van der Waals surface area contributed by atoms with Gasteiger partial charge in [0.2, 0.25) is 5.91 Å². The maximum absolute atomic E-state index is 14.3. The van der Waals surface area contributed by atoms with Crippen molar-refractivity contribution in [3.63, 3.8) is 0 Å². The van der Waals surface area contributed by atoms with Crippen molar-refractivity contribution in [3.05, 3.63) is 84.1 Å². The topological polar surface area (TPSA) is 70.6 Å². The van der Waals surface area contributed by atoms with Gasteiger partial charge in [-0.3, -0.25) is 9.78 Å². The van der Waals surface area contributed by atoms with Crippen LogP contribution in [0, 0.1) is 5.82 Å². The highest BCUT2D eigenvalue weighted by atomic mass is 19.1. The summed E-state index contributed by atoms with van der Waals surface area (Å²) in [5, 5.41) is 2.83. The molecule has 0 aliphatic carbocycles. The maximum Gasteiger partial charge on any atom is 0.244 e. The Morgan fingerprint density at radius 3 is 2.68 bits per heavy atom. The van der Waals surface area contributed by atoms with Crippen molar-refractivity contribution < 1.29 is 13.9 Å². The first-order valence-corrected chi connectivity index (χ1v) is 11.4. The van der Waals surface area contributed by atoms with Crippen LogP contribution in [0.4, 0.5) is 10.2 Å². The summed E-state index contributed by atoms with van der Waals surface area (Å²) >= 11 is 0. The molecule has 3 heterocycles. The van der Waals surface area contributed by atoms with E-state index in [-0.39, 0.29) is 11.7 Å². The van der Waals surface area contributed by atoms with Crippen LogP contribution in [0.5, 0.6) is 11.5 Å². The zero-order valence-corrected chi connectivity index (χ0v) is 19.2. The normalized spacial score (nSPS) is 14.4. The number of carbonyl (C=O) groups excluding carboxylic acids is 1. The Labute approximate surface area is 198 Å². The first kappa shape index (κ1) is 23.4. The fourth-order valence-electron chi connectivity index (χ4n) is 3.66. The van der Waals surface area contributed by atoms with Gasteiger partial charge in [0, 0.05) is 51.2 Å². The molecule has 0 unspecified atom stereocenters. The van der Waals surface area contributed by atoms with Crippen molar-refractivity contribution in [2.24, 2.45) is 0 Å². The van der Waals surface area contributed by atoms with E-state index in [1.165, 1.54) is 24.4 Å². The van der Waals surface area contributed by atoms with Crippen LogP contribution in [0.25, 0.3) is 6.08 Å². The lowest BCUT2D eigenvalue weighted by atomic mass is 10.2. The number of piperazine rings is 1. The van der Waals surface area contributed by atoms with Crippen LogP contribution in [-0.2, 0) is 11.3 Å². The summed E-state index contributed by atoms with van der Waals surface area (Å²) in [6.45, 7) is 7.67. The molecule has 34 heavy (non-hydrogen) atoms. The fourth-order valence-corrected chi connectivity index (χ4v) is 3.66. The van der Waals surface area contributed by atoms with Gasteiger partial charge in [-0.05, 0) is 54.1 Å². The van der Waals surface area contributed by atoms with E-state index in [9.17, 15) is 9.18 Å². The average molecular weight is 462 g/mol. The van der Waals surface area contributed by atoms with Crippen LogP contribution in [0.2, 0.25) is 0 Å². The number of hydrogen-bond donors (Lipinski definition) is 1. The summed E-state index contributed by atoms with van der Waals surface area (Å²) in [7, 11) is 0. The molecule has 1 aromatic carbocycles. The molecule has 0 atom stereocenters. The lowest BCUT2D eigenvalue weighted by molar-refractivity contribution is -0.116. The smallest absolute Gasteiger partial charge is 0.244 e. The van der Waals surface area contributed by atoms with Gasteiger partial charge in [0.1, 0.15) is 11.6 Å². The Morgan fingerprint density at radius 1 is 1.15 bits per heavy atom. The van der Waals surface area contributed by atoms with Crippen molar-refractivity contribution in [1.82, 2.24) is 20.2 Å². The van der Waals surface area contributed by atoms with E-state index in [1.54, 1.807) is 36.7 Å². The second-order valence-electron chi connectivity index (χ2n) is 7.98. The van der Waals surface area contributed by atoms with Gasteiger partial charge >= 0.3 is 0 Å². The van der Waals surface area contributed by atoms with Gasteiger partial charge in [0.15, 0.2) is 11.6 Å². The SMILES string of the molecule is CCN1CCN(c2ccc(CNC(=O)/C=C/c3ccc(Oc4cccnc4)c(F)c3)cn2)CC1. The molecular formula is C26H28FN5O2. The van der Waals surface area contributed by atoms with Crippen molar-refractivity contribution >= 4 is 17.8 Å². The van der Waals surface area contributed by atoms with Gasteiger partial charge in [0.25, 0.3) is 0 Å². The lowest BCUT2D eigenvalue weighted by Gasteiger charge is -2.34. The van der Waals surface area contributed by atoms with Gasteiger partial charge in [-0.15, -0.1) is 0 Å². The van der Waals surface area contributed by atoms with Crippen molar-refractivity contribution in [2.75, 3.05) is 37.6 Å². The molecule has 2 aromatic heterocycles. The maximum atomic E-state index is 14.3. The number of nitrogens with one attached hydrogen (secondary N) is 1. The molecule has 8 heteroatoms. The van der Waals surface area contributed by atoms with Gasteiger partial charge in [-0.1, -0.05) is 19.1 Å². The van der Waals surface area contributed by atoms with Crippen molar-refractivity contribution in [2.45, 2.75) is 13.5 Å². The van der Waals surface area contributed by atoms with Crippen molar-refractivity contribution in [3.8, 4) is 11.5 Å². The Kier molecular flexibility index (Phi) is 7.83. The number of aromatic nitrogens is 2. The summed E-state index contributed by atoms with van der Waals surface area (Å²) in [6, 6.07) is 11.9. The monoisotopic (exact) mass is 461 g/mol. The third-order valence-corrected chi connectivity index (χ3v) is 5.66. The second kappa shape index (κ2) is 11.4. The molecule has 1 N–H and O–H groups in total. The Morgan fingerprint density at radius 2 is 2.00 bits per heavy atom. The average Bonchev–Trinajstić information content (AvgIpc) is 2.88. The molecule has 1 saturated heterocycles. The van der Waals surface area contributed by atoms with Gasteiger partial charge in [0.05, 0.1) is 6.20 Å². The number of nitrogens with zero attached hydrogens (tertiary/aromatic N) is 4. The molecule has 0 spiro atoms. The molecule has 1 fully saturated rings. The first-order valence-electron chi connectivity index (χ1n) is 11.4. The van der Waals surface area contributed by atoms with Crippen LogP contribution in [0.3, 0.4) is 0 Å². The largest absolute Gasteiger partial charge is 0.453 e. The van der Waals surface area contributed by atoms with E-state index in [1.807, 2.05) is 12.1 Å². The number of carbonyl (C=O) groups is 1. The number of anilines is 1. The predicted octanol–water partition coefficient (Wildman–Crippen LogP) is 3.88. The summed E-state index contributed by atoms with van der Waals surface area (Å²) in [5.74, 6) is 0.719. The van der Waals surface area contributed by atoms with E-state index in [2.05, 4.69) is 32.0 Å². The molecule has 4 rings (SSSR count). The highest BCUT2D eigenvalue weighted by Crippen LogP contribution is 2.24. The van der Waals surface area contributed by atoms with Crippen LogP contribution < -0.4 is 15.0 Å². The number of benzene rings is 1. The standard InChI is InChI=1S/C26H28FN5O2/c1-2-31-12-14-32(15-13-31)25-9-6-21(17-29-25)18-30-26(33)10-7-20-5-8-24(23(27)16-20)34-22-4-3-11-28-19-22/h3-11,16-17,19H,2,12-15,18H2,1H3,(H,30,33)/b10-7+. The van der Waals surface area contributed by atoms with Gasteiger partial charge < -0.3 is 19.9 Å². The minimum atomic E-state index is -0.520. The van der Waals surface area contributed by atoms with E-state index in [0.29, 0.717) is 17.9 Å². The van der Waals surface area contributed by atoms with Crippen LogP contribution >= 0.6 is 0 Å². The lowest BCUT2D eigenvalue weighted by Crippen LogP contribution is -2.46. The Hall–Kier alpha value is -3.78. The summed E-state index contributed by atoms with van der Waals surface area (Å²) in [5.41, 5.74) is 1.47. The van der Waals surface area contributed by atoms with Crippen LogP contribution in [0.1, 0.15) is 18.1 Å². The minimum Gasteiger partial charge on any atom is -0.453 e. The first-order chi connectivity index (χ1) is 16.6. The highest BCUT2D eigenvalue weighted by molar-refractivity contribution is 5.91. The highest BCUT2D eigenvalue weighted by Gasteiger charge is 2.16. The molecular weight excluding hydrogens is 433 g/mol. The molecule has 1 aliphatic heterocycles. The number of amides is 1. The second-order valence-corrected chi connectivity index (χ2v) is 7.98. The number of ether oxygens (including phenoxy) is 1. The van der Waals surface area contributed by atoms with E-state index in [4.69, 9.17) is 4.74 Å². The number of pyridine rings is 2. The molecule has 3 aromatic rings. The van der Waals surface area contributed by atoms with E-state index in [0.717, 1.165) is 44.1 Å². The number of hydrogen-bond acceptors (Lipinski definition) is 6. The number of rotatable bonds is 8. The quantitative estimate of drug-likeness (QED) is 0.514. The minimum absolute atomic E-state index is 0.0952. The molecule has 0 radical (unpaired) electrons. The van der Waals surface area contributed by atoms with E-state index < -0.39 is 5.82 Å². The summed E-state index contributed by atoms with van der Waals surface area (Å²) in [6.07, 6.45) is 7.86. The Balaban J connectivity index is 1.26. The van der Waals surface area contributed by atoms with Gasteiger partial charge in [-0.25, -0.2) is 9.37 Å². The zero-order valence-electron chi connectivity index (χ0n) is 19.2. The molecule has 1 aliphatic rings. The molecule has 0 bridgehead atoms. The van der Waals surface area contributed by atoms with E-state index >= 15 is 0 Å². The predicted molar refractivity (Wildman–Crippen MR) is 130 cm³/mol. The zero-order chi connectivity index (χ0) is 23.8. The summed E-state index contributed by atoms with van der Waals surface area (Å²) < 4.78 is 19.8.